The fraction of sp³-hybridized carbons (Fsp3) is 0.800. The van der Waals surface area contributed by atoms with Gasteiger partial charge in [0.1, 0.15) is 6.04 Å². The van der Waals surface area contributed by atoms with E-state index in [0.29, 0.717) is 25.9 Å². The molecule has 0 radical (unpaired) electrons. The molecular formula is C15H25N3O3. The summed E-state index contributed by atoms with van der Waals surface area (Å²) in [5.74, 6) is -1.12. The lowest BCUT2D eigenvalue weighted by atomic mass is 9.95. The van der Waals surface area contributed by atoms with E-state index < -0.39 is 12.0 Å². The molecule has 6 nitrogen and oxygen atoms in total. The van der Waals surface area contributed by atoms with Gasteiger partial charge in [-0.15, -0.1) is 0 Å². The van der Waals surface area contributed by atoms with E-state index in [4.69, 9.17) is 5.26 Å². The number of carbonyl (C=O) groups is 2. The van der Waals surface area contributed by atoms with Gasteiger partial charge in [-0.3, -0.25) is 4.79 Å². The highest BCUT2D eigenvalue weighted by Crippen LogP contribution is 2.17. The van der Waals surface area contributed by atoms with Crippen molar-refractivity contribution in [2.45, 2.75) is 45.6 Å². The average Bonchev–Trinajstić information content (AvgIpc) is 2.44. The maximum absolute atomic E-state index is 12.2. The predicted octanol–water partition coefficient (Wildman–Crippen LogP) is 1.23. The van der Waals surface area contributed by atoms with Gasteiger partial charge in [-0.25, -0.2) is 4.79 Å². The van der Waals surface area contributed by atoms with Crippen LogP contribution in [0.4, 0.5) is 0 Å². The van der Waals surface area contributed by atoms with Crippen LogP contribution in [0.15, 0.2) is 0 Å². The number of hydrogen-bond donors (Lipinski definition) is 2. The van der Waals surface area contributed by atoms with Crippen LogP contribution in [0.5, 0.6) is 0 Å². The monoisotopic (exact) mass is 295 g/mol. The summed E-state index contributed by atoms with van der Waals surface area (Å²) in [4.78, 5) is 25.6. The zero-order valence-electron chi connectivity index (χ0n) is 12.8. The summed E-state index contributed by atoms with van der Waals surface area (Å²) in [5.41, 5.74) is 0. The SMILES string of the molecule is CC(C)CC(NC(=O)C1CCCN(CCC#N)C1)C(=O)O. The third-order valence-electron chi connectivity index (χ3n) is 3.74. The highest BCUT2D eigenvalue weighted by atomic mass is 16.4. The molecule has 118 valence electrons. The molecule has 1 heterocycles. The van der Waals surface area contributed by atoms with Crippen molar-refractivity contribution in [2.75, 3.05) is 19.6 Å². The van der Waals surface area contributed by atoms with Crippen molar-refractivity contribution in [2.24, 2.45) is 11.8 Å². The number of aliphatic carboxylic acids is 1. The molecular weight excluding hydrogens is 270 g/mol. The molecule has 1 aliphatic rings. The summed E-state index contributed by atoms with van der Waals surface area (Å²) in [7, 11) is 0. The van der Waals surface area contributed by atoms with Crippen LogP contribution in [0.1, 0.15) is 39.5 Å². The van der Waals surface area contributed by atoms with E-state index in [1.165, 1.54) is 0 Å². The molecule has 0 bridgehead atoms. The normalized spacial score (nSPS) is 20.8. The van der Waals surface area contributed by atoms with E-state index in [9.17, 15) is 14.7 Å². The minimum atomic E-state index is -0.978. The minimum Gasteiger partial charge on any atom is -0.480 e. The average molecular weight is 295 g/mol. The van der Waals surface area contributed by atoms with Gasteiger partial charge in [-0.2, -0.15) is 5.26 Å². The molecule has 0 aromatic heterocycles. The quantitative estimate of drug-likeness (QED) is 0.736. The van der Waals surface area contributed by atoms with Crippen molar-refractivity contribution in [3.8, 4) is 6.07 Å². The van der Waals surface area contributed by atoms with Gasteiger partial charge in [0.15, 0.2) is 0 Å². The van der Waals surface area contributed by atoms with Gasteiger partial charge in [-0.1, -0.05) is 13.8 Å². The van der Waals surface area contributed by atoms with Crippen LogP contribution >= 0.6 is 0 Å². The zero-order chi connectivity index (χ0) is 15.8. The maximum Gasteiger partial charge on any atom is 0.326 e. The number of piperidine rings is 1. The first-order chi connectivity index (χ1) is 9.93. The molecule has 1 saturated heterocycles. The van der Waals surface area contributed by atoms with E-state index in [0.717, 1.165) is 19.4 Å². The number of likely N-dealkylation sites (tertiary alicyclic amines) is 1. The number of carboxylic acids is 1. The summed E-state index contributed by atoms with van der Waals surface area (Å²) in [6.07, 6.45) is 2.58. The molecule has 0 aromatic carbocycles. The summed E-state index contributed by atoms with van der Waals surface area (Å²) in [6.45, 7) is 6.06. The minimum absolute atomic E-state index is 0.175. The highest BCUT2D eigenvalue weighted by Gasteiger charge is 2.29. The molecule has 2 N–H and O–H groups in total. The summed E-state index contributed by atoms with van der Waals surface area (Å²) < 4.78 is 0. The largest absolute Gasteiger partial charge is 0.480 e. The first-order valence-electron chi connectivity index (χ1n) is 7.56. The van der Waals surface area contributed by atoms with Crippen LogP contribution in [0, 0.1) is 23.2 Å². The Hall–Kier alpha value is -1.61. The van der Waals surface area contributed by atoms with E-state index in [1.54, 1.807) is 0 Å². The maximum atomic E-state index is 12.2. The fourth-order valence-electron chi connectivity index (χ4n) is 2.66. The van der Waals surface area contributed by atoms with Crippen molar-refractivity contribution in [3.05, 3.63) is 0 Å². The molecule has 2 unspecified atom stereocenters. The topological polar surface area (TPSA) is 93.4 Å². The van der Waals surface area contributed by atoms with Gasteiger partial charge in [0.25, 0.3) is 0 Å². The van der Waals surface area contributed by atoms with Crippen molar-refractivity contribution in [1.82, 2.24) is 10.2 Å². The van der Waals surface area contributed by atoms with Crippen LogP contribution in [0.2, 0.25) is 0 Å². The molecule has 0 saturated carbocycles. The number of nitrogens with one attached hydrogen (secondary N) is 1. The highest BCUT2D eigenvalue weighted by molar-refractivity contribution is 5.85. The summed E-state index contributed by atoms with van der Waals surface area (Å²) in [6, 6.07) is 1.29. The third-order valence-corrected chi connectivity index (χ3v) is 3.74. The Bertz CT molecular complexity index is 403. The molecule has 1 amide bonds. The lowest BCUT2D eigenvalue weighted by molar-refractivity contribution is -0.143. The smallest absolute Gasteiger partial charge is 0.326 e. The van der Waals surface area contributed by atoms with Gasteiger partial charge in [0.05, 0.1) is 12.0 Å². The fourth-order valence-corrected chi connectivity index (χ4v) is 2.66. The summed E-state index contributed by atoms with van der Waals surface area (Å²) >= 11 is 0. The van der Waals surface area contributed by atoms with Crippen LogP contribution in [-0.2, 0) is 9.59 Å². The van der Waals surface area contributed by atoms with E-state index >= 15 is 0 Å². The Labute approximate surface area is 126 Å². The van der Waals surface area contributed by atoms with Gasteiger partial charge < -0.3 is 15.3 Å². The second-order valence-electron chi connectivity index (χ2n) is 6.08. The van der Waals surface area contributed by atoms with Crippen LogP contribution < -0.4 is 5.32 Å². The first kappa shape index (κ1) is 17.4. The lowest BCUT2D eigenvalue weighted by Crippen LogP contribution is -2.48. The van der Waals surface area contributed by atoms with Gasteiger partial charge in [-0.05, 0) is 31.7 Å². The number of amides is 1. The number of carbonyl (C=O) groups excluding carboxylic acids is 1. The second kappa shape index (κ2) is 8.63. The predicted molar refractivity (Wildman–Crippen MR) is 78.4 cm³/mol. The Morgan fingerprint density at radius 1 is 1.48 bits per heavy atom. The Morgan fingerprint density at radius 3 is 2.76 bits per heavy atom. The van der Waals surface area contributed by atoms with E-state index in [-0.39, 0.29) is 17.7 Å². The number of nitriles is 1. The van der Waals surface area contributed by atoms with Gasteiger partial charge >= 0.3 is 5.97 Å². The molecule has 1 rings (SSSR count). The van der Waals surface area contributed by atoms with E-state index in [2.05, 4.69) is 16.3 Å². The van der Waals surface area contributed by atoms with Crippen molar-refractivity contribution in [1.29, 1.82) is 5.26 Å². The Balaban J connectivity index is 2.53. The molecule has 21 heavy (non-hydrogen) atoms. The first-order valence-corrected chi connectivity index (χ1v) is 7.56. The number of hydrogen-bond acceptors (Lipinski definition) is 4. The number of carboxylic acid groups (broad SMARTS) is 1. The molecule has 0 aliphatic carbocycles. The Morgan fingerprint density at radius 2 is 2.19 bits per heavy atom. The molecule has 0 spiro atoms. The molecule has 6 heteroatoms. The van der Waals surface area contributed by atoms with Crippen LogP contribution in [0.25, 0.3) is 0 Å². The van der Waals surface area contributed by atoms with Crippen molar-refractivity contribution < 1.29 is 14.7 Å². The van der Waals surface area contributed by atoms with Gasteiger partial charge in [0, 0.05) is 19.5 Å². The van der Waals surface area contributed by atoms with Crippen molar-refractivity contribution in [3.63, 3.8) is 0 Å². The Kier molecular flexibility index (Phi) is 7.17. The third kappa shape index (κ3) is 6.13. The van der Waals surface area contributed by atoms with Crippen molar-refractivity contribution >= 4 is 11.9 Å². The van der Waals surface area contributed by atoms with Crippen LogP contribution in [0.3, 0.4) is 0 Å². The molecule has 1 aliphatic heterocycles. The van der Waals surface area contributed by atoms with E-state index in [1.807, 2.05) is 13.8 Å². The zero-order valence-corrected chi connectivity index (χ0v) is 12.8. The number of nitrogens with zero attached hydrogens (tertiary/aromatic N) is 2. The standard InChI is InChI=1S/C15H25N3O3/c1-11(2)9-13(15(20)21)17-14(19)12-5-3-7-18(10-12)8-4-6-16/h11-13H,3-5,7-10H2,1-2H3,(H,17,19)(H,20,21). The summed E-state index contributed by atoms with van der Waals surface area (Å²) in [5, 5.41) is 20.5. The number of rotatable bonds is 7. The molecule has 2 atom stereocenters. The lowest BCUT2D eigenvalue weighted by Gasteiger charge is -2.32. The molecule has 0 aromatic rings. The van der Waals surface area contributed by atoms with Crippen LogP contribution in [-0.4, -0.2) is 47.6 Å². The molecule has 1 fully saturated rings. The second-order valence-corrected chi connectivity index (χ2v) is 6.08. The van der Waals surface area contributed by atoms with Gasteiger partial charge in [0.2, 0.25) is 5.91 Å².